The molecule has 16 heavy (non-hydrogen) atoms. The molecule has 0 fully saturated rings. The SMILES string of the molecule is C/C=C/CP(C(C)(C)C)C(C)(C)C.[Cl-].[Cl-].[Pd+2]. The fourth-order valence-electron chi connectivity index (χ4n) is 1.76. The summed E-state index contributed by atoms with van der Waals surface area (Å²) >= 11 is 0. The van der Waals surface area contributed by atoms with Crippen molar-refractivity contribution in [3.8, 4) is 0 Å². The zero-order valence-corrected chi connectivity index (χ0v) is 15.3. The van der Waals surface area contributed by atoms with Crippen LogP contribution in [0.3, 0.4) is 0 Å². The second-order valence-corrected chi connectivity index (χ2v) is 9.43. The van der Waals surface area contributed by atoms with Gasteiger partial charge in [-0.15, -0.1) is 0 Å². The molecule has 0 aliphatic carbocycles. The van der Waals surface area contributed by atoms with E-state index in [1.807, 2.05) is 0 Å². The molecule has 0 spiro atoms. The van der Waals surface area contributed by atoms with Crippen LogP contribution in [0, 0.1) is 0 Å². The Bertz CT molecular complexity index is 166. The molecule has 0 radical (unpaired) electrons. The Morgan fingerprint density at radius 2 is 1.19 bits per heavy atom. The van der Waals surface area contributed by atoms with Crippen LogP contribution < -0.4 is 24.8 Å². The van der Waals surface area contributed by atoms with Crippen LogP contribution in [0.15, 0.2) is 12.2 Å². The van der Waals surface area contributed by atoms with Gasteiger partial charge >= 0.3 is 20.4 Å². The molecule has 0 unspecified atom stereocenters. The number of rotatable bonds is 2. The quantitative estimate of drug-likeness (QED) is 0.317. The van der Waals surface area contributed by atoms with Crippen LogP contribution in [0.4, 0.5) is 0 Å². The summed E-state index contributed by atoms with van der Waals surface area (Å²) in [4.78, 5) is 0. The van der Waals surface area contributed by atoms with Crippen molar-refractivity contribution in [1.82, 2.24) is 0 Å². The average molecular weight is 378 g/mol. The summed E-state index contributed by atoms with van der Waals surface area (Å²) in [5.74, 6) is 0. The van der Waals surface area contributed by atoms with Gasteiger partial charge in [-0.05, 0) is 23.4 Å². The van der Waals surface area contributed by atoms with Crippen LogP contribution in [0.25, 0.3) is 0 Å². The largest absolute Gasteiger partial charge is 2.00 e. The predicted octanol–water partition coefficient (Wildman–Crippen LogP) is -1.35. The van der Waals surface area contributed by atoms with E-state index in [1.54, 1.807) is 0 Å². The van der Waals surface area contributed by atoms with Crippen molar-refractivity contribution in [3.05, 3.63) is 12.2 Å². The minimum absolute atomic E-state index is 0. The Balaban J connectivity index is -0.000000240. The summed E-state index contributed by atoms with van der Waals surface area (Å²) < 4.78 is 0. The Hall–Kier alpha value is 1.41. The fourth-order valence-corrected chi connectivity index (χ4v) is 5.29. The van der Waals surface area contributed by atoms with E-state index in [-0.39, 0.29) is 53.2 Å². The maximum atomic E-state index is 2.37. The average Bonchev–Trinajstić information content (AvgIpc) is 1.81. The van der Waals surface area contributed by atoms with E-state index in [0.29, 0.717) is 10.3 Å². The van der Waals surface area contributed by atoms with Gasteiger partial charge in [-0.3, -0.25) is 0 Å². The topological polar surface area (TPSA) is 0 Å². The molecule has 102 valence electrons. The van der Waals surface area contributed by atoms with Crippen LogP contribution in [0.2, 0.25) is 0 Å². The third-order valence-corrected chi connectivity index (χ3v) is 5.96. The molecule has 0 rings (SSSR count). The zero-order valence-electron chi connectivity index (χ0n) is 11.4. The predicted molar refractivity (Wildman–Crippen MR) is 66.1 cm³/mol. The zero-order chi connectivity index (χ0) is 10.7. The van der Waals surface area contributed by atoms with Gasteiger partial charge in [-0.25, -0.2) is 0 Å². The first-order chi connectivity index (χ1) is 5.69. The van der Waals surface area contributed by atoms with Gasteiger partial charge in [0.2, 0.25) is 0 Å². The minimum atomic E-state index is 0. The van der Waals surface area contributed by atoms with E-state index < -0.39 is 0 Å². The molecule has 0 aliphatic rings. The van der Waals surface area contributed by atoms with Crippen molar-refractivity contribution in [1.29, 1.82) is 0 Å². The van der Waals surface area contributed by atoms with E-state index >= 15 is 0 Å². The van der Waals surface area contributed by atoms with Gasteiger partial charge in [0.05, 0.1) is 0 Å². The summed E-state index contributed by atoms with van der Waals surface area (Å²) in [5.41, 5.74) is 0. The van der Waals surface area contributed by atoms with Gasteiger partial charge in [-0.1, -0.05) is 61.6 Å². The van der Waals surface area contributed by atoms with Gasteiger partial charge in [0, 0.05) is 0 Å². The molecule has 0 aromatic heterocycles. The second-order valence-electron chi connectivity index (χ2n) is 5.52. The molecule has 0 amide bonds. The normalized spacial score (nSPS) is 11.8. The van der Waals surface area contributed by atoms with Crippen LogP contribution in [0.5, 0.6) is 0 Å². The maximum Gasteiger partial charge on any atom is 2.00 e. The Kier molecular flexibility index (Phi) is 16.9. The summed E-state index contributed by atoms with van der Waals surface area (Å²) in [6, 6.07) is 0. The van der Waals surface area contributed by atoms with Crippen molar-refractivity contribution >= 4 is 7.92 Å². The monoisotopic (exact) mass is 376 g/mol. The first-order valence-electron chi connectivity index (χ1n) is 5.08. The molecule has 0 saturated heterocycles. The summed E-state index contributed by atoms with van der Waals surface area (Å²) in [6.45, 7) is 16.3. The van der Waals surface area contributed by atoms with E-state index in [1.165, 1.54) is 6.16 Å². The first-order valence-corrected chi connectivity index (χ1v) is 6.61. The first kappa shape index (κ1) is 26.1. The molecule has 0 N–H and O–H groups in total. The van der Waals surface area contributed by atoms with Gasteiger partial charge in [0.25, 0.3) is 0 Å². The number of halogens is 2. The molecule has 0 saturated carbocycles. The minimum Gasteiger partial charge on any atom is -1.00 e. The van der Waals surface area contributed by atoms with Crippen LogP contribution in [-0.2, 0) is 20.4 Å². The molecule has 0 nitrogen and oxygen atoms in total. The molecular formula is C12H25Cl2PPd. The van der Waals surface area contributed by atoms with E-state index in [2.05, 4.69) is 60.6 Å². The van der Waals surface area contributed by atoms with Crippen LogP contribution >= 0.6 is 7.92 Å². The van der Waals surface area contributed by atoms with Crippen LogP contribution in [0.1, 0.15) is 48.5 Å². The van der Waals surface area contributed by atoms with Crippen molar-refractivity contribution in [2.75, 3.05) is 6.16 Å². The van der Waals surface area contributed by atoms with Gasteiger partial charge in [0.1, 0.15) is 0 Å². The maximum absolute atomic E-state index is 2.37. The molecule has 0 aromatic carbocycles. The third kappa shape index (κ3) is 10.6. The Labute approximate surface area is 130 Å². The smallest absolute Gasteiger partial charge is 1.00 e. The molecule has 0 atom stereocenters. The van der Waals surface area contributed by atoms with Crippen molar-refractivity contribution in [3.63, 3.8) is 0 Å². The molecule has 0 aliphatic heterocycles. The summed E-state index contributed by atoms with van der Waals surface area (Å²) in [5, 5.41) is 0.931. The number of allylic oxidation sites excluding steroid dienone is 2. The summed E-state index contributed by atoms with van der Waals surface area (Å²) in [7, 11) is 0.0646. The van der Waals surface area contributed by atoms with Gasteiger partial charge < -0.3 is 24.8 Å². The molecule has 0 bridgehead atoms. The number of hydrogen-bond acceptors (Lipinski definition) is 0. The van der Waals surface area contributed by atoms with Crippen molar-refractivity contribution in [2.24, 2.45) is 0 Å². The third-order valence-electron chi connectivity index (χ3n) is 2.14. The standard InChI is InChI=1S/C12H25P.2ClH.Pd/c1-8-9-10-13(11(2,3)4)12(5,6)7;;;/h8-9H,10H2,1-7H3;2*1H;/q;;;+2/p-2/b9-8+;;;. The van der Waals surface area contributed by atoms with Gasteiger partial charge in [0.15, 0.2) is 0 Å². The molecule has 0 aromatic rings. The number of hydrogen-bond donors (Lipinski definition) is 0. The van der Waals surface area contributed by atoms with E-state index in [9.17, 15) is 0 Å². The van der Waals surface area contributed by atoms with Crippen molar-refractivity contribution in [2.45, 2.75) is 58.8 Å². The summed E-state index contributed by atoms with van der Waals surface area (Å²) in [6.07, 6.45) is 5.76. The van der Waals surface area contributed by atoms with E-state index in [4.69, 9.17) is 0 Å². The van der Waals surface area contributed by atoms with E-state index in [0.717, 1.165) is 0 Å². The second kappa shape index (κ2) is 10.3. The Morgan fingerprint density at radius 3 is 1.38 bits per heavy atom. The molecular weight excluding hydrogens is 352 g/mol. The Morgan fingerprint density at radius 1 is 0.875 bits per heavy atom. The molecule has 0 heterocycles. The fraction of sp³-hybridized carbons (Fsp3) is 0.833. The molecule has 4 heteroatoms. The van der Waals surface area contributed by atoms with Crippen molar-refractivity contribution < 1.29 is 45.2 Å². The van der Waals surface area contributed by atoms with Gasteiger partial charge in [-0.2, -0.15) is 0 Å². The van der Waals surface area contributed by atoms with Crippen LogP contribution in [-0.4, -0.2) is 16.5 Å².